The number of piperidine rings is 1. The van der Waals surface area contributed by atoms with Gasteiger partial charge in [0.05, 0.1) is 6.04 Å². The summed E-state index contributed by atoms with van der Waals surface area (Å²) in [4.78, 5) is 25.6. The number of amides is 3. The lowest BCUT2D eigenvalue weighted by atomic mass is 9.99. The van der Waals surface area contributed by atoms with Crippen LogP contribution < -0.4 is 10.6 Å². The first-order valence-electron chi connectivity index (χ1n) is 9.04. The fourth-order valence-electron chi connectivity index (χ4n) is 3.80. The Bertz CT molecular complexity index is 594. The first kappa shape index (κ1) is 16.8. The van der Waals surface area contributed by atoms with Crippen LogP contribution in [0.25, 0.3) is 0 Å². The highest BCUT2D eigenvalue weighted by molar-refractivity contribution is 5.75. The molecular formula is C19H27N3O2. The summed E-state index contributed by atoms with van der Waals surface area (Å²) in [5, 5.41) is 6.25. The molecular weight excluding hydrogens is 302 g/mol. The second kappa shape index (κ2) is 7.69. The SMILES string of the molecule is CC(=O)N1CCC(NC(=O)N[C@@H]2CCCCc3ccccc32)CC1. The molecule has 1 aromatic carbocycles. The Morgan fingerprint density at radius 3 is 2.54 bits per heavy atom. The van der Waals surface area contributed by atoms with E-state index in [9.17, 15) is 9.59 Å². The van der Waals surface area contributed by atoms with Crippen LogP contribution in [0, 0.1) is 0 Å². The number of carbonyl (C=O) groups excluding carboxylic acids is 2. The van der Waals surface area contributed by atoms with Gasteiger partial charge >= 0.3 is 6.03 Å². The van der Waals surface area contributed by atoms with Crippen molar-refractivity contribution in [3.05, 3.63) is 35.4 Å². The topological polar surface area (TPSA) is 61.4 Å². The number of hydrogen-bond donors (Lipinski definition) is 2. The van der Waals surface area contributed by atoms with Gasteiger partial charge in [0.2, 0.25) is 5.91 Å². The molecule has 1 fully saturated rings. The highest BCUT2D eigenvalue weighted by atomic mass is 16.2. The minimum Gasteiger partial charge on any atom is -0.343 e. The molecule has 5 nitrogen and oxygen atoms in total. The molecule has 24 heavy (non-hydrogen) atoms. The Kier molecular flexibility index (Phi) is 5.38. The van der Waals surface area contributed by atoms with Crippen molar-refractivity contribution >= 4 is 11.9 Å². The van der Waals surface area contributed by atoms with Crippen LogP contribution in [-0.2, 0) is 11.2 Å². The number of nitrogens with zero attached hydrogens (tertiary/aromatic N) is 1. The number of benzene rings is 1. The van der Waals surface area contributed by atoms with Gasteiger partial charge in [-0.25, -0.2) is 4.79 Å². The summed E-state index contributed by atoms with van der Waals surface area (Å²) in [6.45, 7) is 3.06. The first-order chi connectivity index (χ1) is 11.6. The van der Waals surface area contributed by atoms with Crippen molar-refractivity contribution in [2.75, 3.05) is 13.1 Å². The molecule has 1 aliphatic carbocycles. The van der Waals surface area contributed by atoms with Gasteiger partial charge < -0.3 is 15.5 Å². The third-order valence-corrected chi connectivity index (χ3v) is 5.20. The molecule has 1 aromatic rings. The summed E-state index contributed by atoms with van der Waals surface area (Å²) in [5.41, 5.74) is 2.62. The van der Waals surface area contributed by atoms with Crippen molar-refractivity contribution in [2.24, 2.45) is 0 Å². The zero-order valence-corrected chi connectivity index (χ0v) is 14.4. The molecule has 1 aliphatic heterocycles. The molecule has 0 radical (unpaired) electrons. The quantitative estimate of drug-likeness (QED) is 0.820. The van der Waals surface area contributed by atoms with E-state index >= 15 is 0 Å². The Morgan fingerprint density at radius 1 is 1.04 bits per heavy atom. The molecule has 1 saturated heterocycles. The Morgan fingerprint density at radius 2 is 1.79 bits per heavy atom. The lowest BCUT2D eigenvalue weighted by Crippen LogP contribution is -2.49. The van der Waals surface area contributed by atoms with Crippen LogP contribution in [0.5, 0.6) is 0 Å². The molecule has 3 rings (SSSR count). The van der Waals surface area contributed by atoms with E-state index in [0.29, 0.717) is 0 Å². The van der Waals surface area contributed by atoms with Crippen LogP contribution in [0.4, 0.5) is 4.79 Å². The van der Waals surface area contributed by atoms with Crippen LogP contribution >= 0.6 is 0 Å². The van der Waals surface area contributed by atoms with E-state index in [1.54, 1.807) is 6.92 Å². The minimum atomic E-state index is -0.0852. The highest BCUT2D eigenvalue weighted by Gasteiger charge is 2.24. The second-order valence-electron chi connectivity index (χ2n) is 6.90. The lowest BCUT2D eigenvalue weighted by molar-refractivity contribution is -0.129. The van der Waals surface area contributed by atoms with Gasteiger partial charge in [0.15, 0.2) is 0 Å². The smallest absolute Gasteiger partial charge is 0.315 e. The van der Waals surface area contributed by atoms with Crippen molar-refractivity contribution in [1.29, 1.82) is 0 Å². The summed E-state index contributed by atoms with van der Waals surface area (Å²) >= 11 is 0. The zero-order chi connectivity index (χ0) is 16.9. The van der Waals surface area contributed by atoms with E-state index in [1.807, 2.05) is 11.0 Å². The predicted molar refractivity (Wildman–Crippen MR) is 93.7 cm³/mol. The Labute approximate surface area is 143 Å². The number of fused-ring (bicyclic) bond motifs is 1. The number of aryl methyl sites for hydroxylation is 1. The number of rotatable bonds is 2. The maximum atomic E-state index is 12.4. The monoisotopic (exact) mass is 329 g/mol. The van der Waals surface area contributed by atoms with Crippen molar-refractivity contribution in [1.82, 2.24) is 15.5 Å². The molecule has 0 spiro atoms. The standard InChI is InChI=1S/C19H27N3O2/c1-14(23)22-12-10-16(11-13-22)20-19(24)21-18-9-5-3-7-15-6-2-4-8-17(15)18/h2,4,6,8,16,18H,3,5,7,9-13H2,1H3,(H2,20,21,24)/t18-/m1/s1. The summed E-state index contributed by atoms with van der Waals surface area (Å²) in [5.74, 6) is 0.118. The number of hydrogen-bond acceptors (Lipinski definition) is 2. The fraction of sp³-hybridized carbons (Fsp3) is 0.579. The second-order valence-corrected chi connectivity index (χ2v) is 6.90. The van der Waals surface area contributed by atoms with Gasteiger partial charge in [0.25, 0.3) is 0 Å². The van der Waals surface area contributed by atoms with E-state index < -0.39 is 0 Å². The highest BCUT2D eigenvalue weighted by Crippen LogP contribution is 2.28. The normalized spacial score (nSPS) is 21.5. The molecule has 0 unspecified atom stereocenters. The number of nitrogens with one attached hydrogen (secondary N) is 2. The van der Waals surface area contributed by atoms with Gasteiger partial charge in [-0.05, 0) is 43.2 Å². The fourth-order valence-corrected chi connectivity index (χ4v) is 3.80. The number of urea groups is 1. The van der Waals surface area contributed by atoms with Crippen molar-refractivity contribution < 1.29 is 9.59 Å². The molecule has 0 bridgehead atoms. The number of likely N-dealkylation sites (tertiary alicyclic amines) is 1. The van der Waals surface area contributed by atoms with E-state index in [0.717, 1.165) is 45.2 Å². The molecule has 0 saturated carbocycles. The largest absolute Gasteiger partial charge is 0.343 e. The lowest BCUT2D eigenvalue weighted by Gasteiger charge is -2.32. The summed E-state index contributed by atoms with van der Waals surface area (Å²) in [6, 6.07) is 8.60. The molecule has 2 N–H and O–H groups in total. The zero-order valence-electron chi connectivity index (χ0n) is 14.4. The van der Waals surface area contributed by atoms with Crippen LogP contribution in [0.3, 0.4) is 0 Å². The van der Waals surface area contributed by atoms with Crippen LogP contribution in [-0.4, -0.2) is 36.0 Å². The number of carbonyl (C=O) groups is 2. The van der Waals surface area contributed by atoms with Gasteiger partial charge in [-0.15, -0.1) is 0 Å². The van der Waals surface area contributed by atoms with Gasteiger partial charge in [-0.1, -0.05) is 30.7 Å². The summed E-state index contributed by atoms with van der Waals surface area (Å²) < 4.78 is 0. The molecule has 0 aromatic heterocycles. The van der Waals surface area contributed by atoms with Crippen molar-refractivity contribution in [2.45, 2.75) is 57.5 Å². The van der Waals surface area contributed by atoms with Crippen LogP contribution in [0.15, 0.2) is 24.3 Å². The third-order valence-electron chi connectivity index (χ3n) is 5.20. The molecule has 3 amide bonds. The summed E-state index contributed by atoms with van der Waals surface area (Å²) in [7, 11) is 0. The minimum absolute atomic E-state index is 0.0852. The maximum absolute atomic E-state index is 12.4. The van der Waals surface area contributed by atoms with E-state index in [2.05, 4.69) is 28.8 Å². The Hall–Kier alpha value is -2.04. The van der Waals surface area contributed by atoms with Gasteiger partial charge in [-0.2, -0.15) is 0 Å². The van der Waals surface area contributed by atoms with Gasteiger partial charge in [0, 0.05) is 26.1 Å². The van der Waals surface area contributed by atoms with E-state index in [1.165, 1.54) is 17.5 Å². The van der Waals surface area contributed by atoms with E-state index in [4.69, 9.17) is 0 Å². The molecule has 1 heterocycles. The first-order valence-corrected chi connectivity index (χ1v) is 9.04. The average Bonchev–Trinajstić information content (AvgIpc) is 2.78. The van der Waals surface area contributed by atoms with E-state index in [-0.39, 0.29) is 24.0 Å². The van der Waals surface area contributed by atoms with Gasteiger partial charge in [0.1, 0.15) is 0 Å². The maximum Gasteiger partial charge on any atom is 0.315 e. The molecule has 5 heteroatoms. The average molecular weight is 329 g/mol. The Balaban J connectivity index is 1.55. The van der Waals surface area contributed by atoms with Crippen LogP contribution in [0.1, 0.15) is 56.2 Å². The van der Waals surface area contributed by atoms with Crippen molar-refractivity contribution in [3.63, 3.8) is 0 Å². The molecule has 1 atom stereocenters. The van der Waals surface area contributed by atoms with Crippen LogP contribution in [0.2, 0.25) is 0 Å². The molecule has 130 valence electrons. The van der Waals surface area contributed by atoms with Crippen molar-refractivity contribution in [3.8, 4) is 0 Å². The van der Waals surface area contributed by atoms with Gasteiger partial charge in [-0.3, -0.25) is 4.79 Å². The molecule has 2 aliphatic rings. The predicted octanol–water partition coefficient (Wildman–Crippen LogP) is 2.76. The summed E-state index contributed by atoms with van der Waals surface area (Å²) in [6.07, 6.45) is 6.06. The third kappa shape index (κ3) is 4.08.